The van der Waals surface area contributed by atoms with Gasteiger partial charge in [-0.1, -0.05) is 48.5 Å². The molecule has 2 amide bonds. The van der Waals surface area contributed by atoms with Crippen LogP contribution in [0, 0.1) is 0 Å². The number of nitrogens with zero attached hydrogens (tertiary/aromatic N) is 1. The van der Waals surface area contributed by atoms with Gasteiger partial charge in [0.15, 0.2) is 0 Å². The highest BCUT2D eigenvalue weighted by Gasteiger charge is 2.11. The molecular formula is C24H26N2O3. The zero-order valence-electron chi connectivity index (χ0n) is 16.8. The average molecular weight is 390 g/mol. The number of amides is 2. The molecule has 5 nitrogen and oxygen atoms in total. The Morgan fingerprint density at radius 1 is 0.897 bits per heavy atom. The molecule has 5 heteroatoms. The molecule has 0 bridgehead atoms. The van der Waals surface area contributed by atoms with E-state index in [1.165, 1.54) is 5.56 Å². The van der Waals surface area contributed by atoms with Gasteiger partial charge in [0.05, 0.1) is 13.7 Å². The fourth-order valence-corrected chi connectivity index (χ4v) is 2.90. The molecule has 0 saturated carbocycles. The van der Waals surface area contributed by atoms with Crippen molar-refractivity contribution in [3.63, 3.8) is 0 Å². The molecule has 0 fully saturated rings. The molecule has 150 valence electrons. The van der Waals surface area contributed by atoms with E-state index in [-0.39, 0.29) is 6.03 Å². The minimum atomic E-state index is -0.163. The summed E-state index contributed by atoms with van der Waals surface area (Å²) >= 11 is 0. The molecule has 3 aromatic carbocycles. The Bertz CT molecular complexity index is 911. The molecule has 0 radical (unpaired) electrons. The molecule has 0 aliphatic heterocycles. The van der Waals surface area contributed by atoms with Gasteiger partial charge < -0.3 is 19.7 Å². The highest BCUT2D eigenvalue weighted by Crippen LogP contribution is 2.20. The van der Waals surface area contributed by atoms with Crippen LogP contribution in [0.2, 0.25) is 0 Å². The van der Waals surface area contributed by atoms with Crippen molar-refractivity contribution in [2.75, 3.05) is 32.6 Å². The van der Waals surface area contributed by atoms with Crippen molar-refractivity contribution < 1.29 is 14.3 Å². The fourth-order valence-electron chi connectivity index (χ4n) is 2.90. The summed E-state index contributed by atoms with van der Waals surface area (Å²) in [6.07, 6.45) is 0.765. The summed E-state index contributed by atoms with van der Waals surface area (Å²) in [6, 6.07) is 25.3. The van der Waals surface area contributed by atoms with Gasteiger partial charge in [-0.2, -0.15) is 0 Å². The molecule has 1 N–H and O–H groups in total. The predicted octanol–water partition coefficient (Wildman–Crippen LogP) is 4.83. The van der Waals surface area contributed by atoms with Crippen LogP contribution in [0.4, 0.5) is 10.5 Å². The Morgan fingerprint density at radius 3 is 2.28 bits per heavy atom. The van der Waals surface area contributed by atoms with Crippen molar-refractivity contribution in [2.45, 2.75) is 6.42 Å². The molecular weight excluding hydrogens is 364 g/mol. The van der Waals surface area contributed by atoms with Gasteiger partial charge in [0.25, 0.3) is 0 Å². The van der Waals surface area contributed by atoms with Crippen LogP contribution in [0.5, 0.6) is 11.5 Å². The van der Waals surface area contributed by atoms with Gasteiger partial charge in [0.2, 0.25) is 0 Å². The van der Waals surface area contributed by atoms with E-state index < -0.39 is 0 Å². The van der Waals surface area contributed by atoms with Crippen molar-refractivity contribution in [3.05, 3.63) is 90.0 Å². The summed E-state index contributed by atoms with van der Waals surface area (Å²) in [7, 11) is 3.38. The number of para-hydroxylation sites is 1. The van der Waals surface area contributed by atoms with Crippen molar-refractivity contribution >= 4 is 11.7 Å². The first-order valence-corrected chi connectivity index (χ1v) is 9.56. The van der Waals surface area contributed by atoms with Crippen LogP contribution in [0.15, 0.2) is 78.9 Å². The Hall–Kier alpha value is -3.47. The summed E-state index contributed by atoms with van der Waals surface area (Å²) in [6.45, 7) is 0.876. The summed E-state index contributed by atoms with van der Waals surface area (Å²) in [5.41, 5.74) is 3.11. The van der Waals surface area contributed by atoms with E-state index in [2.05, 4.69) is 17.4 Å². The number of carbonyl (C=O) groups excluding carboxylic acids is 1. The van der Waals surface area contributed by atoms with E-state index in [9.17, 15) is 4.79 Å². The summed E-state index contributed by atoms with van der Waals surface area (Å²) in [5, 5.41) is 3.01. The molecule has 0 spiro atoms. The van der Waals surface area contributed by atoms with Gasteiger partial charge in [-0.15, -0.1) is 0 Å². The van der Waals surface area contributed by atoms with Gasteiger partial charge in [-0.3, -0.25) is 0 Å². The first-order chi connectivity index (χ1) is 14.2. The van der Waals surface area contributed by atoms with E-state index in [4.69, 9.17) is 9.47 Å². The van der Waals surface area contributed by atoms with E-state index in [1.54, 1.807) is 19.1 Å². The topological polar surface area (TPSA) is 50.8 Å². The number of likely N-dealkylation sites (N-methyl/N-ethyl adjacent to an activating group) is 1. The van der Waals surface area contributed by atoms with Crippen molar-refractivity contribution in [1.82, 2.24) is 4.90 Å². The number of benzene rings is 3. The fraction of sp³-hybridized carbons (Fsp3) is 0.208. The number of hydrogen-bond donors (Lipinski definition) is 1. The van der Waals surface area contributed by atoms with Crippen molar-refractivity contribution in [2.24, 2.45) is 0 Å². The maximum atomic E-state index is 12.6. The SMILES string of the molecule is COc1ccc(OCCN(C)C(=O)Nc2ccccc2Cc2ccccc2)cc1. The number of ether oxygens (including phenoxy) is 2. The van der Waals surface area contributed by atoms with Crippen LogP contribution >= 0.6 is 0 Å². The minimum Gasteiger partial charge on any atom is -0.497 e. The van der Waals surface area contributed by atoms with Gasteiger partial charge in [0.1, 0.15) is 18.1 Å². The second-order valence-electron chi connectivity index (χ2n) is 6.70. The molecule has 0 unspecified atom stereocenters. The van der Waals surface area contributed by atoms with Crippen LogP contribution in [-0.4, -0.2) is 38.2 Å². The maximum Gasteiger partial charge on any atom is 0.321 e. The van der Waals surface area contributed by atoms with Gasteiger partial charge in [-0.25, -0.2) is 4.79 Å². The number of hydrogen-bond acceptors (Lipinski definition) is 3. The smallest absolute Gasteiger partial charge is 0.321 e. The van der Waals surface area contributed by atoms with Crippen LogP contribution in [0.25, 0.3) is 0 Å². The van der Waals surface area contributed by atoms with Gasteiger partial charge in [-0.05, 0) is 47.9 Å². The molecule has 29 heavy (non-hydrogen) atoms. The van der Waals surface area contributed by atoms with Crippen molar-refractivity contribution in [3.8, 4) is 11.5 Å². The molecule has 3 rings (SSSR count). The molecule has 3 aromatic rings. The van der Waals surface area contributed by atoms with Crippen LogP contribution in [-0.2, 0) is 6.42 Å². The first kappa shape index (κ1) is 20.3. The highest BCUT2D eigenvalue weighted by atomic mass is 16.5. The van der Waals surface area contributed by atoms with E-state index >= 15 is 0 Å². The monoisotopic (exact) mass is 390 g/mol. The van der Waals surface area contributed by atoms with E-state index in [1.807, 2.05) is 66.7 Å². The third-order valence-electron chi connectivity index (χ3n) is 4.60. The van der Waals surface area contributed by atoms with Gasteiger partial charge >= 0.3 is 6.03 Å². The number of nitrogens with one attached hydrogen (secondary N) is 1. The standard InChI is InChI=1S/C24H26N2O3/c1-26(16-17-29-22-14-12-21(28-2)13-15-22)24(27)25-23-11-7-6-10-20(23)18-19-8-4-3-5-9-19/h3-15H,16-18H2,1-2H3,(H,25,27). The number of anilines is 1. The molecule has 0 aliphatic rings. The van der Waals surface area contributed by atoms with Crippen LogP contribution in [0.1, 0.15) is 11.1 Å². The van der Waals surface area contributed by atoms with Crippen LogP contribution < -0.4 is 14.8 Å². The number of urea groups is 1. The first-order valence-electron chi connectivity index (χ1n) is 9.56. The quantitative estimate of drug-likeness (QED) is 0.599. The average Bonchev–Trinajstić information content (AvgIpc) is 2.76. The summed E-state index contributed by atoms with van der Waals surface area (Å²) < 4.78 is 10.8. The lowest BCUT2D eigenvalue weighted by Crippen LogP contribution is -2.34. The molecule has 0 aliphatic carbocycles. The molecule has 0 saturated heterocycles. The number of carbonyl (C=O) groups is 1. The highest BCUT2D eigenvalue weighted by molar-refractivity contribution is 5.90. The lowest BCUT2D eigenvalue weighted by Gasteiger charge is -2.19. The Labute approximate surface area is 171 Å². The third-order valence-corrected chi connectivity index (χ3v) is 4.60. The normalized spacial score (nSPS) is 10.3. The Kier molecular flexibility index (Phi) is 7.11. The minimum absolute atomic E-state index is 0.163. The second kappa shape index (κ2) is 10.2. The summed E-state index contributed by atoms with van der Waals surface area (Å²) in [4.78, 5) is 14.2. The number of methoxy groups -OCH3 is 1. The van der Waals surface area contributed by atoms with E-state index in [0.717, 1.165) is 29.2 Å². The number of rotatable bonds is 8. The predicted molar refractivity (Wildman–Crippen MR) is 116 cm³/mol. The van der Waals surface area contributed by atoms with Crippen LogP contribution in [0.3, 0.4) is 0 Å². The zero-order valence-corrected chi connectivity index (χ0v) is 16.8. The zero-order chi connectivity index (χ0) is 20.5. The Morgan fingerprint density at radius 2 is 1.55 bits per heavy atom. The molecule has 0 atom stereocenters. The summed E-state index contributed by atoms with van der Waals surface area (Å²) in [5.74, 6) is 1.52. The Balaban J connectivity index is 1.52. The molecule has 0 heterocycles. The van der Waals surface area contributed by atoms with Gasteiger partial charge in [0, 0.05) is 12.7 Å². The lowest BCUT2D eigenvalue weighted by molar-refractivity contribution is 0.207. The van der Waals surface area contributed by atoms with E-state index in [0.29, 0.717) is 13.2 Å². The largest absolute Gasteiger partial charge is 0.497 e. The molecule has 0 aromatic heterocycles. The lowest BCUT2D eigenvalue weighted by atomic mass is 10.0. The third kappa shape index (κ3) is 6.01. The van der Waals surface area contributed by atoms with Crippen molar-refractivity contribution in [1.29, 1.82) is 0 Å². The maximum absolute atomic E-state index is 12.6. The second-order valence-corrected chi connectivity index (χ2v) is 6.70.